The minimum atomic E-state index is -0.0627. The van der Waals surface area contributed by atoms with Gasteiger partial charge in [0.25, 0.3) is 5.91 Å². The van der Waals surface area contributed by atoms with Crippen LogP contribution in [-0.2, 0) is 6.54 Å². The highest BCUT2D eigenvalue weighted by atomic mass is 16.2. The number of benzene rings is 1. The van der Waals surface area contributed by atoms with Crippen LogP contribution in [0.3, 0.4) is 0 Å². The van der Waals surface area contributed by atoms with Crippen LogP contribution in [0.1, 0.15) is 29.1 Å². The second-order valence-electron chi connectivity index (χ2n) is 5.84. The topological polar surface area (TPSA) is 76.8 Å². The van der Waals surface area contributed by atoms with E-state index in [2.05, 4.69) is 31.9 Å². The van der Waals surface area contributed by atoms with Gasteiger partial charge in [-0.15, -0.1) is 10.2 Å². The standard InChI is InChI=1S/C17H16N6O/c1-12-10-22(17(24)14-7-8-18-19-9-14)11-15-20-21-16(23(12)15)13-5-3-2-4-6-13/h2-9,12H,10-11H2,1H3/t12-/m0/s1. The molecule has 0 N–H and O–H groups in total. The Bertz CT molecular complexity index is 861. The molecule has 0 unspecified atom stereocenters. The van der Waals surface area contributed by atoms with Crippen molar-refractivity contribution in [1.82, 2.24) is 29.9 Å². The molecule has 0 fully saturated rings. The van der Waals surface area contributed by atoms with E-state index in [-0.39, 0.29) is 11.9 Å². The predicted molar refractivity (Wildman–Crippen MR) is 86.9 cm³/mol. The molecule has 0 saturated heterocycles. The van der Waals surface area contributed by atoms with Crippen molar-refractivity contribution in [3.63, 3.8) is 0 Å². The molecule has 3 aromatic rings. The minimum Gasteiger partial charge on any atom is -0.329 e. The first-order valence-corrected chi connectivity index (χ1v) is 7.79. The Kier molecular flexibility index (Phi) is 3.53. The Labute approximate surface area is 139 Å². The van der Waals surface area contributed by atoms with Crippen LogP contribution in [0.15, 0.2) is 48.8 Å². The van der Waals surface area contributed by atoms with Crippen molar-refractivity contribution < 1.29 is 4.79 Å². The van der Waals surface area contributed by atoms with Crippen LogP contribution < -0.4 is 0 Å². The summed E-state index contributed by atoms with van der Waals surface area (Å²) in [5, 5.41) is 16.1. The number of rotatable bonds is 2. The average molecular weight is 320 g/mol. The Hall–Kier alpha value is -3.09. The maximum absolute atomic E-state index is 12.6. The molecule has 120 valence electrons. The number of hydrogen-bond acceptors (Lipinski definition) is 5. The van der Waals surface area contributed by atoms with E-state index in [1.54, 1.807) is 11.0 Å². The first-order chi connectivity index (χ1) is 11.7. The Morgan fingerprint density at radius 2 is 1.96 bits per heavy atom. The fourth-order valence-corrected chi connectivity index (χ4v) is 3.07. The van der Waals surface area contributed by atoms with Crippen LogP contribution in [0, 0.1) is 0 Å². The van der Waals surface area contributed by atoms with Gasteiger partial charge in [0.15, 0.2) is 11.6 Å². The molecule has 1 aliphatic heterocycles. The molecule has 24 heavy (non-hydrogen) atoms. The normalized spacial score (nSPS) is 16.7. The van der Waals surface area contributed by atoms with E-state index in [0.717, 1.165) is 17.2 Å². The molecule has 3 heterocycles. The van der Waals surface area contributed by atoms with Crippen molar-refractivity contribution in [2.45, 2.75) is 19.5 Å². The summed E-state index contributed by atoms with van der Waals surface area (Å²) >= 11 is 0. The van der Waals surface area contributed by atoms with Crippen LogP contribution in [0.2, 0.25) is 0 Å². The molecule has 2 aromatic heterocycles. The van der Waals surface area contributed by atoms with Crippen molar-refractivity contribution in [3.05, 3.63) is 60.2 Å². The van der Waals surface area contributed by atoms with Crippen molar-refractivity contribution in [2.24, 2.45) is 0 Å². The molecular weight excluding hydrogens is 304 g/mol. The van der Waals surface area contributed by atoms with E-state index in [1.165, 1.54) is 12.4 Å². The molecule has 7 heteroatoms. The number of hydrogen-bond donors (Lipinski definition) is 0. The Morgan fingerprint density at radius 3 is 2.71 bits per heavy atom. The lowest BCUT2D eigenvalue weighted by Gasteiger charge is -2.32. The highest BCUT2D eigenvalue weighted by Gasteiger charge is 2.30. The summed E-state index contributed by atoms with van der Waals surface area (Å²) in [4.78, 5) is 14.4. The first kappa shape index (κ1) is 14.5. The lowest BCUT2D eigenvalue weighted by atomic mass is 10.1. The number of amides is 1. The van der Waals surface area contributed by atoms with Gasteiger partial charge < -0.3 is 9.47 Å². The number of carbonyl (C=O) groups is 1. The minimum absolute atomic E-state index is 0.0627. The maximum Gasteiger partial charge on any atom is 0.256 e. The zero-order chi connectivity index (χ0) is 16.5. The van der Waals surface area contributed by atoms with E-state index >= 15 is 0 Å². The molecule has 1 amide bonds. The maximum atomic E-state index is 12.6. The fourth-order valence-electron chi connectivity index (χ4n) is 3.07. The lowest BCUT2D eigenvalue weighted by Crippen LogP contribution is -2.40. The summed E-state index contributed by atoms with van der Waals surface area (Å²) in [5.74, 6) is 1.58. The molecule has 0 spiro atoms. The molecule has 0 bridgehead atoms. The monoisotopic (exact) mass is 320 g/mol. The molecular formula is C17H16N6O. The second kappa shape index (κ2) is 5.84. The summed E-state index contributed by atoms with van der Waals surface area (Å²) in [6.45, 7) is 3.11. The fraction of sp³-hybridized carbons (Fsp3) is 0.235. The molecule has 1 atom stereocenters. The molecule has 7 nitrogen and oxygen atoms in total. The predicted octanol–water partition coefficient (Wildman–Crippen LogP) is 1.95. The number of carbonyl (C=O) groups excluding carboxylic acids is 1. The van der Waals surface area contributed by atoms with Gasteiger partial charge in [0, 0.05) is 12.1 Å². The van der Waals surface area contributed by atoms with E-state index in [1.807, 2.05) is 30.3 Å². The van der Waals surface area contributed by atoms with E-state index in [0.29, 0.717) is 18.7 Å². The van der Waals surface area contributed by atoms with Gasteiger partial charge in [-0.25, -0.2) is 0 Å². The van der Waals surface area contributed by atoms with Gasteiger partial charge in [0.2, 0.25) is 0 Å². The van der Waals surface area contributed by atoms with Gasteiger partial charge in [-0.2, -0.15) is 10.2 Å². The van der Waals surface area contributed by atoms with Crippen molar-refractivity contribution in [1.29, 1.82) is 0 Å². The van der Waals surface area contributed by atoms with Gasteiger partial charge in [-0.05, 0) is 13.0 Å². The first-order valence-electron chi connectivity index (χ1n) is 7.79. The molecule has 0 radical (unpaired) electrons. The van der Waals surface area contributed by atoms with E-state index < -0.39 is 0 Å². The molecule has 4 rings (SSSR count). The van der Waals surface area contributed by atoms with Crippen LogP contribution in [0.5, 0.6) is 0 Å². The van der Waals surface area contributed by atoms with Gasteiger partial charge in [-0.1, -0.05) is 30.3 Å². The third-order valence-corrected chi connectivity index (χ3v) is 4.17. The SMILES string of the molecule is C[C@H]1CN(C(=O)c2ccnnc2)Cc2nnc(-c3ccccc3)n21. The van der Waals surface area contributed by atoms with Gasteiger partial charge in [0.1, 0.15) is 0 Å². The molecule has 1 aliphatic rings. The third kappa shape index (κ3) is 2.44. The van der Waals surface area contributed by atoms with Gasteiger partial charge in [-0.3, -0.25) is 4.79 Å². The van der Waals surface area contributed by atoms with Crippen LogP contribution in [0.25, 0.3) is 11.4 Å². The molecule has 0 saturated carbocycles. The number of fused-ring (bicyclic) bond motifs is 1. The zero-order valence-electron chi connectivity index (χ0n) is 13.2. The Morgan fingerprint density at radius 1 is 1.12 bits per heavy atom. The molecule has 0 aliphatic carbocycles. The summed E-state index contributed by atoms with van der Waals surface area (Å²) in [7, 11) is 0. The summed E-state index contributed by atoms with van der Waals surface area (Å²) in [5.41, 5.74) is 1.56. The van der Waals surface area contributed by atoms with Crippen LogP contribution in [0.4, 0.5) is 0 Å². The van der Waals surface area contributed by atoms with Gasteiger partial charge >= 0.3 is 0 Å². The van der Waals surface area contributed by atoms with Crippen molar-refractivity contribution >= 4 is 5.91 Å². The zero-order valence-corrected chi connectivity index (χ0v) is 13.2. The van der Waals surface area contributed by atoms with Gasteiger partial charge in [0.05, 0.1) is 30.5 Å². The average Bonchev–Trinajstić information content (AvgIpc) is 3.07. The molecule has 1 aromatic carbocycles. The highest BCUT2D eigenvalue weighted by Crippen LogP contribution is 2.27. The van der Waals surface area contributed by atoms with Crippen molar-refractivity contribution in [3.8, 4) is 11.4 Å². The number of aromatic nitrogens is 5. The number of nitrogens with zero attached hydrogens (tertiary/aromatic N) is 6. The quantitative estimate of drug-likeness (QED) is 0.721. The third-order valence-electron chi connectivity index (χ3n) is 4.17. The largest absolute Gasteiger partial charge is 0.329 e. The summed E-state index contributed by atoms with van der Waals surface area (Å²) < 4.78 is 2.11. The smallest absolute Gasteiger partial charge is 0.256 e. The summed E-state index contributed by atoms with van der Waals surface area (Å²) in [6.07, 6.45) is 3.01. The van der Waals surface area contributed by atoms with Crippen LogP contribution in [-0.4, -0.2) is 42.3 Å². The van der Waals surface area contributed by atoms with E-state index in [4.69, 9.17) is 0 Å². The van der Waals surface area contributed by atoms with E-state index in [9.17, 15) is 4.79 Å². The van der Waals surface area contributed by atoms with Crippen molar-refractivity contribution in [2.75, 3.05) is 6.54 Å². The second-order valence-corrected chi connectivity index (χ2v) is 5.84. The van der Waals surface area contributed by atoms with Crippen LogP contribution >= 0.6 is 0 Å². The lowest BCUT2D eigenvalue weighted by molar-refractivity contribution is 0.0681. The Balaban J connectivity index is 1.65. The highest BCUT2D eigenvalue weighted by molar-refractivity contribution is 5.93. The summed E-state index contributed by atoms with van der Waals surface area (Å²) in [6, 6.07) is 11.7.